The summed E-state index contributed by atoms with van der Waals surface area (Å²) in [4.78, 5) is 13.6. The number of urea groups is 1. The first kappa shape index (κ1) is 15.0. The molecule has 0 saturated heterocycles. The highest BCUT2D eigenvalue weighted by atomic mass is 127. The fraction of sp³-hybridized carbons (Fsp3) is 0.909. The van der Waals surface area contributed by atoms with Gasteiger partial charge in [-0.25, -0.2) is 4.79 Å². The van der Waals surface area contributed by atoms with Crippen LogP contribution in [0.2, 0.25) is 0 Å². The highest BCUT2D eigenvalue weighted by Crippen LogP contribution is 2.19. The third kappa shape index (κ3) is 6.42. The maximum absolute atomic E-state index is 11.6. The zero-order valence-corrected chi connectivity index (χ0v) is 12.8. The molecular formula is C11H23IN4O. The molecular weight excluding hydrogens is 331 g/mol. The van der Waals surface area contributed by atoms with Gasteiger partial charge in [-0.05, 0) is 39.8 Å². The van der Waals surface area contributed by atoms with E-state index < -0.39 is 0 Å². The average molecular weight is 354 g/mol. The molecule has 17 heavy (non-hydrogen) atoms. The molecule has 5 nitrogen and oxygen atoms in total. The monoisotopic (exact) mass is 354 g/mol. The van der Waals surface area contributed by atoms with Crippen molar-refractivity contribution in [2.45, 2.75) is 37.8 Å². The number of nitrogens with one attached hydrogen (secondary N) is 3. The quantitative estimate of drug-likeness (QED) is 0.512. The van der Waals surface area contributed by atoms with Crippen molar-refractivity contribution in [1.29, 1.82) is 0 Å². The van der Waals surface area contributed by atoms with Gasteiger partial charge in [-0.2, -0.15) is 0 Å². The molecule has 2 amide bonds. The number of rotatable bonds is 5. The molecule has 6 heteroatoms. The third-order valence-corrected chi connectivity index (χ3v) is 3.94. The summed E-state index contributed by atoms with van der Waals surface area (Å²) in [7, 11) is 4.00. The van der Waals surface area contributed by atoms with E-state index in [2.05, 4.69) is 41.9 Å². The lowest BCUT2D eigenvalue weighted by Crippen LogP contribution is -2.46. The molecule has 0 aromatic rings. The maximum Gasteiger partial charge on any atom is 0.315 e. The van der Waals surface area contributed by atoms with Gasteiger partial charge in [0.15, 0.2) is 0 Å². The summed E-state index contributed by atoms with van der Waals surface area (Å²) in [6, 6.07) is 0.929. The van der Waals surface area contributed by atoms with E-state index in [4.69, 9.17) is 0 Å². The van der Waals surface area contributed by atoms with Gasteiger partial charge in [-0.15, -0.1) is 0 Å². The van der Waals surface area contributed by atoms with Crippen LogP contribution in [0.1, 0.15) is 25.7 Å². The Hall–Kier alpha value is -0.0800. The van der Waals surface area contributed by atoms with E-state index in [1.165, 1.54) is 0 Å². The number of carbonyl (C=O) groups excluding carboxylic acids is 1. The predicted molar refractivity (Wildman–Crippen MR) is 78.3 cm³/mol. The van der Waals surface area contributed by atoms with Crippen LogP contribution < -0.4 is 14.2 Å². The lowest BCUT2D eigenvalue weighted by molar-refractivity contribution is 0.229. The Morgan fingerprint density at radius 1 is 1.24 bits per heavy atom. The fourth-order valence-corrected chi connectivity index (χ4v) is 2.60. The molecule has 0 aromatic carbocycles. The average Bonchev–Trinajstić information content (AvgIpc) is 2.29. The fourth-order valence-electron chi connectivity index (χ4n) is 1.98. The molecule has 0 aromatic heterocycles. The van der Waals surface area contributed by atoms with Gasteiger partial charge in [0.1, 0.15) is 0 Å². The molecule has 1 rings (SSSR count). The number of hydrogen-bond donors (Lipinski definition) is 3. The number of amides is 2. The Morgan fingerprint density at radius 2 is 1.82 bits per heavy atom. The minimum atomic E-state index is -0.0299. The number of hydrogen-bond acceptors (Lipinski definition) is 3. The molecule has 0 radical (unpaired) electrons. The second kappa shape index (κ2) is 8.10. The van der Waals surface area contributed by atoms with Crippen molar-refractivity contribution in [2.24, 2.45) is 0 Å². The van der Waals surface area contributed by atoms with Gasteiger partial charge in [0.05, 0.1) is 0 Å². The molecule has 1 aliphatic rings. The first-order valence-corrected chi connectivity index (χ1v) is 7.25. The van der Waals surface area contributed by atoms with E-state index in [1.54, 1.807) is 0 Å². The van der Waals surface area contributed by atoms with Crippen LogP contribution in [-0.4, -0.2) is 50.2 Å². The lowest BCUT2D eigenvalue weighted by Gasteiger charge is -2.28. The zero-order valence-electron chi connectivity index (χ0n) is 10.6. The Bertz CT molecular complexity index is 230. The summed E-state index contributed by atoms with van der Waals surface area (Å²) < 4.78 is 3.26. The molecule has 100 valence electrons. The normalized spacial score (nSPS) is 24.7. The predicted octanol–water partition coefficient (Wildman–Crippen LogP) is 1.10. The topological polar surface area (TPSA) is 56.4 Å². The van der Waals surface area contributed by atoms with Crippen LogP contribution in [0, 0.1) is 0 Å². The minimum Gasteiger partial charge on any atom is -0.337 e. The number of carbonyl (C=O) groups is 1. The maximum atomic E-state index is 11.6. The van der Waals surface area contributed by atoms with Crippen LogP contribution in [-0.2, 0) is 0 Å². The molecule has 1 aliphatic carbocycles. The van der Waals surface area contributed by atoms with Crippen molar-refractivity contribution in [2.75, 3.05) is 27.2 Å². The molecule has 1 fully saturated rings. The van der Waals surface area contributed by atoms with Crippen LogP contribution >= 0.6 is 22.9 Å². The zero-order chi connectivity index (χ0) is 12.7. The smallest absolute Gasteiger partial charge is 0.315 e. The van der Waals surface area contributed by atoms with E-state index in [0.29, 0.717) is 18.6 Å². The summed E-state index contributed by atoms with van der Waals surface area (Å²) >= 11 is 2.21. The van der Waals surface area contributed by atoms with E-state index in [1.807, 2.05) is 14.1 Å². The first-order chi connectivity index (χ1) is 8.11. The minimum absolute atomic E-state index is 0.0299. The molecule has 0 unspecified atom stereocenters. The van der Waals surface area contributed by atoms with Gasteiger partial charge >= 0.3 is 6.03 Å². The van der Waals surface area contributed by atoms with Crippen molar-refractivity contribution in [1.82, 2.24) is 19.1 Å². The molecule has 3 N–H and O–H groups in total. The van der Waals surface area contributed by atoms with Crippen LogP contribution in [0.15, 0.2) is 0 Å². The van der Waals surface area contributed by atoms with Crippen LogP contribution in [0.25, 0.3) is 0 Å². The molecule has 0 spiro atoms. The van der Waals surface area contributed by atoms with Gasteiger partial charge in [-0.3, -0.25) is 3.53 Å². The summed E-state index contributed by atoms with van der Waals surface area (Å²) in [5.41, 5.74) is 0. The van der Waals surface area contributed by atoms with Crippen LogP contribution in [0.5, 0.6) is 0 Å². The summed E-state index contributed by atoms with van der Waals surface area (Å²) in [5.74, 6) is 0. The molecule has 1 saturated carbocycles. The second-order valence-corrected chi connectivity index (χ2v) is 5.48. The Morgan fingerprint density at radius 3 is 2.35 bits per heavy atom. The standard InChI is InChI=1S/C11H23IN4O/c1-16(2)8-7-13-11(17)14-9-3-5-10(15-12)6-4-9/h9-10,15H,3-8H2,1-2H3,(H2,13,14,17). The van der Waals surface area contributed by atoms with Gasteiger partial charge in [-0.1, -0.05) is 0 Å². The SMILES string of the molecule is CN(C)CCNC(=O)NC1CCC(NI)CC1. The second-order valence-electron chi connectivity index (χ2n) is 4.86. The van der Waals surface area contributed by atoms with Crippen LogP contribution in [0.3, 0.4) is 0 Å². The summed E-state index contributed by atoms with van der Waals surface area (Å²) in [6.07, 6.45) is 4.43. The van der Waals surface area contributed by atoms with Gasteiger partial charge in [0.25, 0.3) is 0 Å². The van der Waals surface area contributed by atoms with Crippen LogP contribution in [0.4, 0.5) is 4.79 Å². The summed E-state index contributed by atoms with van der Waals surface area (Å²) in [5, 5.41) is 5.92. The van der Waals surface area contributed by atoms with Gasteiger partial charge < -0.3 is 15.5 Å². The lowest BCUT2D eigenvalue weighted by atomic mass is 9.92. The molecule has 0 aliphatic heterocycles. The Balaban J connectivity index is 2.10. The van der Waals surface area contributed by atoms with E-state index in [0.717, 1.165) is 32.2 Å². The van der Waals surface area contributed by atoms with Crippen molar-refractivity contribution in [3.8, 4) is 0 Å². The van der Waals surface area contributed by atoms with Gasteiger partial charge in [0.2, 0.25) is 0 Å². The third-order valence-electron chi connectivity index (χ3n) is 3.06. The van der Waals surface area contributed by atoms with Crippen molar-refractivity contribution < 1.29 is 4.79 Å². The highest BCUT2D eigenvalue weighted by Gasteiger charge is 2.21. The first-order valence-electron chi connectivity index (χ1n) is 6.17. The van der Waals surface area contributed by atoms with Gasteiger partial charge in [0, 0.05) is 48.0 Å². The summed E-state index contributed by atoms with van der Waals surface area (Å²) in [6.45, 7) is 1.57. The highest BCUT2D eigenvalue weighted by molar-refractivity contribution is 14.1. The molecule has 0 heterocycles. The van der Waals surface area contributed by atoms with E-state index in [-0.39, 0.29) is 6.03 Å². The Labute approximate surface area is 118 Å². The largest absolute Gasteiger partial charge is 0.337 e. The number of likely N-dealkylation sites (N-methyl/N-ethyl adjacent to an activating group) is 1. The number of nitrogens with zero attached hydrogens (tertiary/aromatic N) is 1. The van der Waals surface area contributed by atoms with Crippen molar-refractivity contribution >= 4 is 28.9 Å². The van der Waals surface area contributed by atoms with Crippen molar-refractivity contribution in [3.05, 3.63) is 0 Å². The molecule has 0 bridgehead atoms. The Kier molecular flexibility index (Phi) is 7.14. The number of halogens is 1. The van der Waals surface area contributed by atoms with E-state index >= 15 is 0 Å². The van der Waals surface area contributed by atoms with Crippen molar-refractivity contribution in [3.63, 3.8) is 0 Å². The van der Waals surface area contributed by atoms with E-state index in [9.17, 15) is 4.79 Å². The molecule has 0 atom stereocenters.